The van der Waals surface area contributed by atoms with Gasteiger partial charge < -0.3 is 5.84 Å². The number of hydrogen-bond acceptors (Lipinski definition) is 8. The number of amides is 2. The van der Waals surface area contributed by atoms with E-state index in [0.717, 1.165) is 16.1 Å². The van der Waals surface area contributed by atoms with Crippen LogP contribution in [0.1, 0.15) is 39.3 Å². The molecule has 1 heterocycles. The number of hydrazine groups is 2. The van der Waals surface area contributed by atoms with Crippen LogP contribution in [0.2, 0.25) is 0 Å². The fourth-order valence-electron chi connectivity index (χ4n) is 2.91. The molecule has 0 saturated carbocycles. The molecule has 150 valence electrons. The van der Waals surface area contributed by atoms with Gasteiger partial charge in [-0.05, 0) is 31.1 Å². The minimum absolute atomic E-state index is 0.0492. The molecule has 2 amide bonds. The number of aryl methyl sites for hydroxylation is 1. The maximum atomic E-state index is 12.5. The second-order valence-electron chi connectivity index (χ2n) is 7.41. The maximum Gasteiger partial charge on any atom is 0.355 e. The Kier molecular flexibility index (Phi) is 7.65. The summed E-state index contributed by atoms with van der Waals surface area (Å²) >= 11 is 0. The summed E-state index contributed by atoms with van der Waals surface area (Å²) in [5, 5.41) is 1.60. The highest BCUT2D eigenvalue weighted by Crippen LogP contribution is 2.29. The average Bonchev–Trinajstić information content (AvgIpc) is 2.56. The van der Waals surface area contributed by atoms with E-state index >= 15 is 0 Å². The third-order valence-electron chi connectivity index (χ3n) is 4.18. The normalized spacial score (nSPS) is 12.2. The summed E-state index contributed by atoms with van der Waals surface area (Å²) in [6.07, 6.45) is 2.98. The first-order valence-corrected chi connectivity index (χ1v) is 8.49. The van der Waals surface area contributed by atoms with Crippen LogP contribution in [-0.2, 0) is 4.79 Å². The Labute approximate surface area is 157 Å². The second-order valence-corrected chi connectivity index (χ2v) is 7.41. The van der Waals surface area contributed by atoms with Crippen LogP contribution in [0.15, 0.2) is 15.9 Å². The first-order valence-electron chi connectivity index (χ1n) is 8.49. The van der Waals surface area contributed by atoms with E-state index in [1.807, 2.05) is 20.8 Å². The van der Waals surface area contributed by atoms with Crippen molar-refractivity contribution < 1.29 is 9.59 Å². The van der Waals surface area contributed by atoms with E-state index < -0.39 is 11.6 Å². The molecule has 0 aromatic carbocycles. The number of carbonyl (C=O) groups is 1. The molecule has 0 aliphatic rings. The Balaban J connectivity index is 2.76. The minimum Gasteiger partial charge on any atom is -0.336 e. The molecule has 0 saturated heterocycles. The van der Waals surface area contributed by atoms with E-state index in [4.69, 9.17) is 17.5 Å². The Morgan fingerprint density at radius 3 is 2.67 bits per heavy atom. The van der Waals surface area contributed by atoms with Gasteiger partial charge in [0.15, 0.2) is 0 Å². The van der Waals surface area contributed by atoms with Crippen molar-refractivity contribution in [1.82, 2.24) is 14.7 Å². The average molecular weight is 380 g/mol. The molecular weight excluding hydrogens is 352 g/mol. The molecule has 11 heteroatoms. The van der Waals surface area contributed by atoms with Crippen molar-refractivity contribution in [2.75, 3.05) is 23.9 Å². The van der Waals surface area contributed by atoms with E-state index in [0.29, 0.717) is 23.7 Å². The molecule has 0 bridgehead atoms. The van der Waals surface area contributed by atoms with Crippen molar-refractivity contribution in [3.05, 3.63) is 22.1 Å². The van der Waals surface area contributed by atoms with Crippen LogP contribution in [0.5, 0.6) is 0 Å². The fraction of sp³-hybridized carbons (Fsp3) is 0.625. The molecule has 11 nitrogen and oxygen atoms in total. The van der Waals surface area contributed by atoms with Gasteiger partial charge in [0.2, 0.25) is 6.08 Å². The predicted octanol–water partition coefficient (Wildman–Crippen LogP) is 0.0196. The summed E-state index contributed by atoms with van der Waals surface area (Å²) in [5.41, 5.74) is -0.268. The van der Waals surface area contributed by atoms with E-state index in [2.05, 4.69) is 9.98 Å². The molecule has 0 aliphatic heterocycles. The van der Waals surface area contributed by atoms with Gasteiger partial charge in [0, 0.05) is 18.3 Å². The highest BCUT2D eigenvalue weighted by molar-refractivity contribution is 5.88. The number of aromatic nitrogens is 2. The number of hydrogen-bond donors (Lipinski definition) is 3. The number of rotatable bonds is 8. The highest BCUT2D eigenvalue weighted by Gasteiger charge is 2.26. The van der Waals surface area contributed by atoms with Gasteiger partial charge in [-0.25, -0.2) is 30.9 Å². The van der Waals surface area contributed by atoms with E-state index in [1.54, 1.807) is 6.92 Å². The van der Waals surface area contributed by atoms with Crippen LogP contribution in [0.25, 0.3) is 0 Å². The number of nitrogen functional groups attached to an aromatic ring is 1. The molecule has 6 N–H and O–H groups in total. The number of nitrogens with two attached hydrogens (primary N) is 3. The topological polar surface area (TPSA) is 166 Å². The third kappa shape index (κ3) is 6.48. The number of carbonyl (C=O) groups excluding carboxylic acids is 2. The lowest BCUT2D eigenvalue weighted by Gasteiger charge is -2.30. The SMILES string of the molecule is Cc1cc(=O)nc(N(N)C(=O)N(N)CC(C)CC(C)(C)CCN=C=O)n1N. The van der Waals surface area contributed by atoms with Gasteiger partial charge in [-0.3, -0.25) is 9.80 Å². The van der Waals surface area contributed by atoms with Crippen molar-refractivity contribution in [2.24, 2.45) is 28.0 Å². The van der Waals surface area contributed by atoms with Gasteiger partial charge >= 0.3 is 6.03 Å². The maximum absolute atomic E-state index is 12.5. The Hall–Kier alpha value is -2.75. The second kappa shape index (κ2) is 9.26. The van der Waals surface area contributed by atoms with Crippen molar-refractivity contribution in [3.63, 3.8) is 0 Å². The summed E-state index contributed by atoms with van der Waals surface area (Å²) in [6.45, 7) is 8.26. The number of urea groups is 1. The van der Waals surface area contributed by atoms with Gasteiger partial charge in [-0.2, -0.15) is 9.99 Å². The lowest BCUT2D eigenvalue weighted by molar-refractivity contribution is 0.179. The van der Waals surface area contributed by atoms with Gasteiger partial charge in [0.25, 0.3) is 11.5 Å². The summed E-state index contributed by atoms with van der Waals surface area (Å²) in [7, 11) is 0. The zero-order chi connectivity index (χ0) is 20.8. The molecule has 1 atom stereocenters. The van der Waals surface area contributed by atoms with Crippen LogP contribution in [-0.4, -0.2) is 39.9 Å². The predicted molar refractivity (Wildman–Crippen MR) is 102 cm³/mol. The van der Waals surface area contributed by atoms with Crippen molar-refractivity contribution in [3.8, 4) is 0 Å². The summed E-state index contributed by atoms with van der Waals surface area (Å²) < 4.78 is 1.03. The zero-order valence-corrected chi connectivity index (χ0v) is 16.2. The number of aliphatic imine (C=N–C) groups is 1. The molecule has 0 fully saturated rings. The van der Waals surface area contributed by atoms with Crippen LogP contribution in [0.4, 0.5) is 10.7 Å². The van der Waals surface area contributed by atoms with Crippen LogP contribution in [0.3, 0.4) is 0 Å². The summed E-state index contributed by atoms with van der Waals surface area (Å²) in [4.78, 5) is 41.4. The first kappa shape index (κ1) is 22.3. The van der Waals surface area contributed by atoms with E-state index in [-0.39, 0.29) is 23.8 Å². The fourth-order valence-corrected chi connectivity index (χ4v) is 2.91. The van der Waals surface area contributed by atoms with Crippen molar-refractivity contribution in [2.45, 2.75) is 40.5 Å². The van der Waals surface area contributed by atoms with Crippen LogP contribution < -0.4 is 28.1 Å². The number of anilines is 1. The number of isocyanates is 1. The van der Waals surface area contributed by atoms with Gasteiger partial charge in [-0.1, -0.05) is 20.8 Å². The third-order valence-corrected chi connectivity index (χ3v) is 4.18. The van der Waals surface area contributed by atoms with Gasteiger partial charge in [-0.15, -0.1) is 0 Å². The lowest BCUT2D eigenvalue weighted by Crippen LogP contribution is -2.53. The monoisotopic (exact) mass is 380 g/mol. The molecule has 27 heavy (non-hydrogen) atoms. The van der Waals surface area contributed by atoms with Crippen LogP contribution in [0, 0.1) is 18.3 Å². The van der Waals surface area contributed by atoms with Crippen molar-refractivity contribution in [1.29, 1.82) is 0 Å². The molecule has 0 aliphatic carbocycles. The zero-order valence-electron chi connectivity index (χ0n) is 16.2. The van der Waals surface area contributed by atoms with Crippen molar-refractivity contribution >= 4 is 18.1 Å². The minimum atomic E-state index is -0.748. The highest BCUT2D eigenvalue weighted by atomic mass is 16.2. The quantitative estimate of drug-likeness (QED) is 0.188. The molecule has 1 aromatic heterocycles. The van der Waals surface area contributed by atoms with E-state index in [9.17, 15) is 14.4 Å². The van der Waals surface area contributed by atoms with Gasteiger partial charge in [0.1, 0.15) is 0 Å². The van der Waals surface area contributed by atoms with Gasteiger partial charge in [0.05, 0.1) is 6.54 Å². The Morgan fingerprint density at radius 2 is 2.07 bits per heavy atom. The standard InChI is InChI=1S/C16H28N8O3/c1-11(8-16(3,4)5-6-20-10-25)9-22(17)15(27)24(19)14-21-13(26)7-12(2)23(14)18/h7,11H,5-6,8-9,17-19H2,1-4H3. The smallest absolute Gasteiger partial charge is 0.336 e. The lowest BCUT2D eigenvalue weighted by atomic mass is 9.80. The summed E-state index contributed by atoms with van der Waals surface area (Å²) in [5.74, 6) is 17.3. The molecule has 1 rings (SSSR count). The summed E-state index contributed by atoms with van der Waals surface area (Å²) in [6, 6.07) is 0.475. The molecule has 1 unspecified atom stereocenters. The largest absolute Gasteiger partial charge is 0.355 e. The van der Waals surface area contributed by atoms with E-state index in [1.165, 1.54) is 12.1 Å². The molecule has 1 aromatic rings. The van der Waals surface area contributed by atoms with Crippen LogP contribution >= 0.6 is 0 Å². The Bertz CT molecular complexity index is 769. The molecular formula is C16H28N8O3. The molecule has 0 spiro atoms. The number of nitrogens with zero attached hydrogens (tertiary/aromatic N) is 5. The Morgan fingerprint density at radius 1 is 1.44 bits per heavy atom. The molecule has 0 radical (unpaired) electrons. The first-order chi connectivity index (χ1) is 12.5.